The molecule has 1 unspecified atom stereocenters. The van der Waals surface area contributed by atoms with Crippen molar-refractivity contribution in [1.29, 1.82) is 0 Å². The third-order valence-electron chi connectivity index (χ3n) is 4.53. The second-order valence-electron chi connectivity index (χ2n) is 6.04. The van der Waals surface area contributed by atoms with Crippen LogP contribution in [0.5, 0.6) is 0 Å². The van der Waals surface area contributed by atoms with E-state index < -0.39 is 5.82 Å². The fourth-order valence-electron chi connectivity index (χ4n) is 3.34. The van der Waals surface area contributed by atoms with Gasteiger partial charge in [0.15, 0.2) is 0 Å². The lowest BCUT2D eigenvalue weighted by atomic mass is 10.0. The molecule has 126 valence electrons. The van der Waals surface area contributed by atoms with Crippen molar-refractivity contribution in [2.45, 2.75) is 12.6 Å². The molecule has 5 heteroatoms. The number of urea groups is 1. The van der Waals surface area contributed by atoms with Crippen molar-refractivity contribution in [3.05, 3.63) is 90.0 Å². The van der Waals surface area contributed by atoms with Crippen LogP contribution in [-0.2, 0) is 6.54 Å². The van der Waals surface area contributed by atoms with Crippen molar-refractivity contribution in [1.82, 2.24) is 9.47 Å². The summed E-state index contributed by atoms with van der Waals surface area (Å²) < 4.78 is 16.0. The minimum atomic E-state index is -0.438. The molecule has 2 amide bonds. The van der Waals surface area contributed by atoms with Crippen LogP contribution >= 0.6 is 0 Å². The van der Waals surface area contributed by atoms with Gasteiger partial charge in [-0.15, -0.1) is 0 Å². The van der Waals surface area contributed by atoms with E-state index in [4.69, 9.17) is 0 Å². The number of nitrogens with zero attached hydrogens (tertiary/aromatic N) is 2. The first-order chi connectivity index (χ1) is 12.2. The van der Waals surface area contributed by atoms with E-state index in [-0.39, 0.29) is 17.8 Å². The van der Waals surface area contributed by atoms with Crippen LogP contribution in [0.15, 0.2) is 72.9 Å². The Morgan fingerprint density at radius 2 is 1.72 bits per heavy atom. The van der Waals surface area contributed by atoms with Gasteiger partial charge < -0.3 is 14.8 Å². The van der Waals surface area contributed by atoms with Crippen molar-refractivity contribution in [3.63, 3.8) is 0 Å². The fraction of sp³-hybridized carbons (Fsp3) is 0.150. The van der Waals surface area contributed by atoms with Gasteiger partial charge in [-0.25, -0.2) is 9.18 Å². The smallest absolute Gasteiger partial charge is 0.322 e. The molecule has 1 aromatic heterocycles. The van der Waals surface area contributed by atoms with Crippen LogP contribution < -0.4 is 5.32 Å². The average molecular weight is 335 g/mol. The Morgan fingerprint density at radius 3 is 2.52 bits per heavy atom. The van der Waals surface area contributed by atoms with E-state index in [2.05, 4.69) is 9.88 Å². The SMILES string of the molecule is O=C(Nc1ccccc1F)N1CCn2cccc2C1c1ccccc1. The number of amides is 2. The molecule has 2 aromatic carbocycles. The van der Waals surface area contributed by atoms with Gasteiger partial charge in [0.2, 0.25) is 0 Å². The number of fused-ring (bicyclic) bond motifs is 1. The number of aromatic nitrogens is 1. The van der Waals surface area contributed by atoms with Gasteiger partial charge in [-0.05, 0) is 29.8 Å². The van der Waals surface area contributed by atoms with Crippen molar-refractivity contribution in [2.75, 3.05) is 11.9 Å². The van der Waals surface area contributed by atoms with Crippen LogP contribution in [0.2, 0.25) is 0 Å². The second-order valence-corrected chi connectivity index (χ2v) is 6.04. The predicted molar refractivity (Wildman–Crippen MR) is 94.8 cm³/mol. The summed E-state index contributed by atoms with van der Waals surface area (Å²) in [7, 11) is 0. The zero-order valence-electron chi connectivity index (χ0n) is 13.6. The summed E-state index contributed by atoms with van der Waals surface area (Å²) in [6.07, 6.45) is 2.03. The van der Waals surface area contributed by atoms with E-state index in [1.165, 1.54) is 6.07 Å². The summed E-state index contributed by atoms with van der Waals surface area (Å²) in [6.45, 7) is 1.28. The Bertz CT molecular complexity index is 891. The van der Waals surface area contributed by atoms with Gasteiger partial charge >= 0.3 is 6.03 Å². The Kier molecular flexibility index (Phi) is 3.98. The van der Waals surface area contributed by atoms with E-state index in [0.717, 1.165) is 17.8 Å². The summed E-state index contributed by atoms with van der Waals surface area (Å²) in [5, 5.41) is 2.71. The van der Waals surface area contributed by atoms with Crippen LogP contribution in [0.4, 0.5) is 14.9 Å². The molecule has 4 nitrogen and oxygen atoms in total. The van der Waals surface area contributed by atoms with Crippen molar-refractivity contribution in [2.24, 2.45) is 0 Å². The highest BCUT2D eigenvalue weighted by Gasteiger charge is 2.32. The van der Waals surface area contributed by atoms with Crippen LogP contribution in [0.3, 0.4) is 0 Å². The number of hydrogen-bond acceptors (Lipinski definition) is 1. The number of para-hydroxylation sites is 1. The molecule has 0 spiro atoms. The minimum Gasteiger partial charge on any atom is -0.348 e. The summed E-state index contributed by atoms with van der Waals surface area (Å²) in [5.74, 6) is -0.438. The van der Waals surface area contributed by atoms with Gasteiger partial charge in [0.1, 0.15) is 5.82 Å². The standard InChI is InChI=1S/C20H18FN3O/c21-16-9-4-5-10-17(16)22-20(25)24-14-13-23-12-6-11-18(23)19(24)15-7-2-1-3-8-15/h1-12,19H,13-14H2,(H,22,25). The van der Waals surface area contributed by atoms with Crippen molar-refractivity contribution in [3.8, 4) is 0 Å². The van der Waals surface area contributed by atoms with E-state index in [9.17, 15) is 9.18 Å². The largest absolute Gasteiger partial charge is 0.348 e. The number of hydrogen-bond donors (Lipinski definition) is 1. The normalized spacial score (nSPS) is 16.4. The molecule has 1 atom stereocenters. The molecule has 0 saturated heterocycles. The lowest BCUT2D eigenvalue weighted by Crippen LogP contribution is -2.44. The van der Waals surface area contributed by atoms with Crippen molar-refractivity contribution < 1.29 is 9.18 Å². The average Bonchev–Trinajstić information content (AvgIpc) is 3.12. The Labute approximate surface area is 145 Å². The number of rotatable bonds is 2. The highest BCUT2D eigenvalue weighted by atomic mass is 19.1. The molecular weight excluding hydrogens is 317 g/mol. The molecule has 25 heavy (non-hydrogen) atoms. The molecule has 1 N–H and O–H groups in total. The van der Waals surface area contributed by atoms with Gasteiger partial charge in [0, 0.05) is 25.0 Å². The number of nitrogens with one attached hydrogen (secondary N) is 1. The molecule has 3 aromatic rings. The molecule has 1 aliphatic rings. The molecule has 0 radical (unpaired) electrons. The summed E-state index contributed by atoms with van der Waals surface area (Å²) in [5.41, 5.74) is 2.28. The van der Waals surface area contributed by atoms with E-state index in [0.29, 0.717) is 6.54 Å². The topological polar surface area (TPSA) is 37.3 Å². The number of halogens is 1. The zero-order chi connectivity index (χ0) is 17.2. The maximum absolute atomic E-state index is 13.9. The quantitative estimate of drug-likeness (QED) is 0.746. The molecule has 0 fully saturated rings. The zero-order valence-corrected chi connectivity index (χ0v) is 13.6. The van der Waals surface area contributed by atoms with E-state index >= 15 is 0 Å². The summed E-state index contributed by atoms with van der Waals surface area (Å²) in [6, 6.07) is 19.6. The Morgan fingerprint density at radius 1 is 0.960 bits per heavy atom. The van der Waals surface area contributed by atoms with Gasteiger partial charge in [-0.2, -0.15) is 0 Å². The van der Waals surface area contributed by atoms with Crippen LogP contribution in [-0.4, -0.2) is 22.0 Å². The van der Waals surface area contributed by atoms with Gasteiger partial charge in [0.05, 0.1) is 11.7 Å². The second kappa shape index (κ2) is 6.43. The highest BCUT2D eigenvalue weighted by Crippen LogP contribution is 2.32. The Balaban J connectivity index is 1.68. The lowest BCUT2D eigenvalue weighted by Gasteiger charge is -2.37. The van der Waals surface area contributed by atoms with Crippen molar-refractivity contribution >= 4 is 11.7 Å². The maximum Gasteiger partial charge on any atom is 0.322 e. The molecule has 0 saturated carbocycles. The molecule has 4 rings (SSSR count). The highest BCUT2D eigenvalue weighted by molar-refractivity contribution is 5.90. The number of carbonyl (C=O) groups excluding carboxylic acids is 1. The number of carbonyl (C=O) groups is 1. The number of anilines is 1. The van der Waals surface area contributed by atoms with Crippen LogP contribution in [0.1, 0.15) is 17.3 Å². The van der Waals surface area contributed by atoms with Gasteiger partial charge in [0.25, 0.3) is 0 Å². The molecule has 0 aliphatic carbocycles. The maximum atomic E-state index is 13.9. The lowest BCUT2D eigenvalue weighted by molar-refractivity contribution is 0.181. The molecular formula is C20H18FN3O. The first-order valence-corrected chi connectivity index (χ1v) is 8.26. The summed E-state index contributed by atoms with van der Waals surface area (Å²) >= 11 is 0. The molecule has 1 aliphatic heterocycles. The van der Waals surface area contributed by atoms with E-state index in [1.807, 2.05) is 48.7 Å². The predicted octanol–water partition coefficient (Wildman–Crippen LogP) is 4.26. The third kappa shape index (κ3) is 2.89. The number of benzene rings is 2. The van der Waals surface area contributed by atoms with Crippen LogP contribution in [0, 0.1) is 5.82 Å². The van der Waals surface area contributed by atoms with Gasteiger partial charge in [-0.3, -0.25) is 0 Å². The van der Waals surface area contributed by atoms with Crippen LogP contribution in [0.25, 0.3) is 0 Å². The fourth-order valence-corrected chi connectivity index (χ4v) is 3.34. The van der Waals surface area contributed by atoms with E-state index in [1.54, 1.807) is 23.1 Å². The molecule has 0 bridgehead atoms. The third-order valence-corrected chi connectivity index (χ3v) is 4.53. The first-order valence-electron chi connectivity index (χ1n) is 8.26. The monoisotopic (exact) mass is 335 g/mol. The minimum absolute atomic E-state index is 0.195. The van der Waals surface area contributed by atoms with Gasteiger partial charge in [-0.1, -0.05) is 42.5 Å². The first kappa shape index (κ1) is 15.4. The summed E-state index contributed by atoms with van der Waals surface area (Å²) in [4.78, 5) is 14.6. The Hall–Kier alpha value is -3.08. The molecule has 2 heterocycles.